The predicted molar refractivity (Wildman–Crippen MR) is 77.9 cm³/mol. The molecule has 0 aliphatic carbocycles. The van der Waals surface area contributed by atoms with Crippen LogP contribution in [0.5, 0.6) is 0 Å². The third kappa shape index (κ3) is 2.78. The molecular weight excluding hydrogens is 268 g/mol. The molecule has 1 unspecified atom stereocenters. The Morgan fingerprint density at radius 1 is 1.19 bits per heavy atom. The number of nitrogens with zero attached hydrogens (tertiary/aromatic N) is 2. The number of likely N-dealkylation sites (tertiary alicyclic amines) is 1. The largest absolute Gasteiger partial charge is 0.479 e. The molecule has 21 heavy (non-hydrogen) atoms. The molecule has 1 N–H and O–H groups in total. The van der Waals surface area contributed by atoms with Crippen molar-refractivity contribution in [1.29, 1.82) is 0 Å². The third-order valence-corrected chi connectivity index (χ3v) is 4.41. The Bertz CT molecular complexity index is 552. The van der Waals surface area contributed by atoms with Gasteiger partial charge >= 0.3 is 5.97 Å². The molecule has 3 rings (SSSR count). The molecule has 5 heteroatoms. The molecule has 0 saturated carbocycles. The van der Waals surface area contributed by atoms with Crippen molar-refractivity contribution in [2.45, 2.75) is 25.3 Å². The van der Waals surface area contributed by atoms with E-state index in [1.54, 1.807) is 0 Å². The molecule has 1 aromatic carbocycles. The van der Waals surface area contributed by atoms with Gasteiger partial charge in [0.05, 0.1) is 6.42 Å². The summed E-state index contributed by atoms with van der Waals surface area (Å²) >= 11 is 0. The van der Waals surface area contributed by atoms with E-state index in [2.05, 4.69) is 4.90 Å². The quantitative estimate of drug-likeness (QED) is 0.907. The van der Waals surface area contributed by atoms with Gasteiger partial charge in [0.25, 0.3) is 0 Å². The van der Waals surface area contributed by atoms with Crippen LogP contribution in [0.15, 0.2) is 24.3 Å². The minimum atomic E-state index is -0.947. The van der Waals surface area contributed by atoms with Crippen LogP contribution in [0, 0.1) is 0 Å². The SMILES string of the molecule is O=C(O)C1c2ccccc2CC(=O)N1CCN1CCCC1. The zero-order valence-electron chi connectivity index (χ0n) is 12.0. The molecule has 2 aliphatic heterocycles. The maximum atomic E-state index is 12.3. The first-order valence-corrected chi connectivity index (χ1v) is 7.49. The van der Waals surface area contributed by atoms with Crippen molar-refractivity contribution in [3.05, 3.63) is 35.4 Å². The molecule has 112 valence electrons. The van der Waals surface area contributed by atoms with Crippen LogP contribution in [-0.4, -0.2) is 53.0 Å². The van der Waals surface area contributed by atoms with Crippen LogP contribution in [0.2, 0.25) is 0 Å². The predicted octanol–water partition coefficient (Wildman–Crippen LogP) is 1.29. The third-order valence-electron chi connectivity index (χ3n) is 4.41. The van der Waals surface area contributed by atoms with Gasteiger partial charge in [0.15, 0.2) is 6.04 Å². The second-order valence-electron chi connectivity index (χ2n) is 5.75. The van der Waals surface area contributed by atoms with E-state index >= 15 is 0 Å². The monoisotopic (exact) mass is 288 g/mol. The van der Waals surface area contributed by atoms with E-state index in [1.807, 2.05) is 24.3 Å². The van der Waals surface area contributed by atoms with E-state index in [1.165, 1.54) is 17.7 Å². The van der Waals surface area contributed by atoms with Gasteiger partial charge in [-0.2, -0.15) is 0 Å². The fraction of sp³-hybridized carbons (Fsp3) is 0.500. The number of hydrogen-bond donors (Lipinski definition) is 1. The second-order valence-corrected chi connectivity index (χ2v) is 5.75. The lowest BCUT2D eigenvalue weighted by molar-refractivity contribution is -0.151. The molecule has 2 aliphatic rings. The van der Waals surface area contributed by atoms with E-state index < -0.39 is 12.0 Å². The molecule has 1 saturated heterocycles. The van der Waals surface area contributed by atoms with Crippen LogP contribution in [-0.2, 0) is 16.0 Å². The maximum Gasteiger partial charge on any atom is 0.331 e. The number of benzene rings is 1. The van der Waals surface area contributed by atoms with Gasteiger partial charge in [-0.25, -0.2) is 4.79 Å². The zero-order chi connectivity index (χ0) is 14.8. The van der Waals surface area contributed by atoms with Crippen LogP contribution in [0.3, 0.4) is 0 Å². The topological polar surface area (TPSA) is 60.9 Å². The number of carboxylic acids is 1. The van der Waals surface area contributed by atoms with Crippen LogP contribution < -0.4 is 0 Å². The van der Waals surface area contributed by atoms with Crippen molar-refractivity contribution in [3.8, 4) is 0 Å². The lowest BCUT2D eigenvalue weighted by Crippen LogP contribution is -2.46. The van der Waals surface area contributed by atoms with Crippen molar-refractivity contribution in [1.82, 2.24) is 9.80 Å². The summed E-state index contributed by atoms with van der Waals surface area (Å²) in [6.07, 6.45) is 2.69. The maximum absolute atomic E-state index is 12.3. The van der Waals surface area contributed by atoms with E-state index in [0.717, 1.165) is 30.8 Å². The average Bonchev–Trinajstić information content (AvgIpc) is 2.97. The number of fused-ring (bicyclic) bond motifs is 1. The minimum Gasteiger partial charge on any atom is -0.479 e. The number of rotatable bonds is 4. The lowest BCUT2D eigenvalue weighted by Gasteiger charge is -2.35. The molecule has 2 heterocycles. The van der Waals surface area contributed by atoms with Gasteiger partial charge in [0.1, 0.15) is 0 Å². The van der Waals surface area contributed by atoms with Crippen molar-refractivity contribution in [3.63, 3.8) is 0 Å². The number of amides is 1. The summed E-state index contributed by atoms with van der Waals surface area (Å²) in [6.45, 7) is 3.36. The first kappa shape index (κ1) is 14.1. The smallest absolute Gasteiger partial charge is 0.331 e. The molecule has 1 atom stereocenters. The van der Waals surface area contributed by atoms with Gasteiger partial charge in [-0.3, -0.25) is 4.79 Å². The van der Waals surface area contributed by atoms with Crippen molar-refractivity contribution >= 4 is 11.9 Å². The Labute approximate surface area is 124 Å². The lowest BCUT2D eigenvalue weighted by atomic mass is 9.92. The van der Waals surface area contributed by atoms with E-state index in [-0.39, 0.29) is 5.91 Å². The summed E-state index contributed by atoms with van der Waals surface area (Å²) in [6, 6.07) is 6.52. The summed E-state index contributed by atoms with van der Waals surface area (Å²) in [5.74, 6) is -1.03. The molecule has 1 amide bonds. The highest BCUT2D eigenvalue weighted by Crippen LogP contribution is 2.30. The van der Waals surface area contributed by atoms with Crippen LogP contribution >= 0.6 is 0 Å². The zero-order valence-corrected chi connectivity index (χ0v) is 12.0. The highest BCUT2D eigenvalue weighted by Gasteiger charge is 2.36. The van der Waals surface area contributed by atoms with Crippen molar-refractivity contribution in [2.24, 2.45) is 0 Å². The molecule has 0 aromatic heterocycles. The van der Waals surface area contributed by atoms with Gasteiger partial charge in [-0.15, -0.1) is 0 Å². The Hall–Kier alpha value is -1.88. The normalized spacial score (nSPS) is 22.4. The molecule has 0 radical (unpaired) electrons. The summed E-state index contributed by atoms with van der Waals surface area (Å²) in [7, 11) is 0. The number of aliphatic carboxylic acids is 1. The Kier molecular flexibility index (Phi) is 3.92. The number of carbonyl (C=O) groups is 2. The first-order valence-electron chi connectivity index (χ1n) is 7.49. The summed E-state index contributed by atoms with van der Waals surface area (Å²) < 4.78 is 0. The summed E-state index contributed by atoms with van der Waals surface area (Å²) in [4.78, 5) is 27.8. The molecule has 1 fully saturated rings. The molecule has 0 spiro atoms. The highest BCUT2D eigenvalue weighted by molar-refractivity contribution is 5.89. The number of carbonyl (C=O) groups excluding carboxylic acids is 1. The Morgan fingerprint density at radius 3 is 2.62 bits per heavy atom. The van der Waals surface area contributed by atoms with Crippen molar-refractivity contribution < 1.29 is 14.7 Å². The fourth-order valence-corrected chi connectivity index (χ4v) is 3.31. The van der Waals surface area contributed by atoms with Crippen molar-refractivity contribution in [2.75, 3.05) is 26.2 Å². The number of carboxylic acid groups (broad SMARTS) is 1. The summed E-state index contributed by atoms with van der Waals surface area (Å²) in [5.41, 5.74) is 1.60. The number of hydrogen-bond acceptors (Lipinski definition) is 3. The van der Waals surface area contributed by atoms with Gasteiger partial charge in [0, 0.05) is 13.1 Å². The molecule has 5 nitrogen and oxygen atoms in total. The van der Waals surface area contributed by atoms with Gasteiger partial charge in [-0.05, 0) is 37.1 Å². The average molecular weight is 288 g/mol. The minimum absolute atomic E-state index is 0.0831. The Balaban J connectivity index is 1.81. The fourth-order valence-electron chi connectivity index (χ4n) is 3.31. The standard InChI is InChI=1S/C16H20N2O3/c19-14-11-12-5-1-2-6-13(12)15(16(20)21)18(14)10-9-17-7-3-4-8-17/h1-2,5-6,15H,3-4,7-11H2,(H,20,21). The first-order chi connectivity index (χ1) is 10.2. The van der Waals surface area contributed by atoms with E-state index in [0.29, 0.717) is 13.0 Å². The molecule has 1 aromatic rings. The Morgan fingerprint density at radius 2 is 1.90 bits per heavy atom. The molecular formula is C16H20N2O3. The highest BCUT2D eigenvalue weighted by atomic mass is 16.4. The second kappa shape index (κ2) is 5.85. The van der Waals surface area contributed by atoms with E-state index in [4.69, 9.17) is 0 Å². The molecule has 0 bridgehead atoms. The van der Waals surface area contributed by atoms with Gasteiger partial charge in [0.2, 0.25) is 5.91 Å². The summed E-state index contributed by atoms with van der Waals surface area (Å²) in [5, 5.41) is 9.56. The van der Waals surface area contributed by atoms with Crippen LogP contribution in [0.1, 0.15) is 30.0 Å². The van der Waals surface area contributed by atoms with Gasteiger partial charge < -0.3 is 14.9 Å². The van der Waals surface area contributed by atoms with Crippen LogP contribution in [0.25, 0.3) is 0 Å². The van der Waals surface area contributed by atoms with E-state index in [9.17, 15) is 14.7 Å². The van der Waals surface area contributed by atoms with Gasteiger partial charge in [-0.1, -0.05) is 24.3 Å². The van der Waals surface area contributed by atoms with Crippen LogP contribution in [0.4, 0.5) is 0 Å².